The summed E-state index contributed by atoms with van der Waals surface area (Å²) >= 11 is 6.35. The number of halogens is 2. The highest BCUT2D eigenvalue weighted by molar-refractivity contribution is 6.32. The second kappa shape index (κ2) is 8.84. The first kappa shape index (κ1) is 18.5. The van der Waals surface area contributed by atoms with Gasteiger partial charge in [-0.15, -0.1) is 0 Å². The Labute approximate surface area is 148 Å². The van der Waals surface area contributed by atoms with Gasteiger partial charge >= 0.3 is 0 Å². The van der Waals surface area contributed by atoms with Crippen molar-refractivity contribution in [2.75, 3.05) is 0 Å². The average molecular weight is 347 g/mol. The summed E-state index contributed by atoms with van der Waals surface area (Å²) in [6.07, 6.45) is 5.43. The maximum Gasteiger partial charge on any atom is 0.126 e. The van der Waals surface area contributed by atoms with E-state index in [1.807, 2.05) is 19.1 Å². The van der Waals surface area contributed by atoms with Crippen molar-refractivity contribution in [1.29, 1.82) is 0 Å². The molecule has 2 rings (SSSR count). The molecule has 0 fully saturated rings. The molecule has 0 radical (unpaired) electrons. The maximum atomic E-state index is 13.9. The third-order valence-corrected chi connectivity index (χ3v) is 4.37. The van der Waals surface area contributed by atoms with Crippen molar-refractivity contribution < 1.29 is 4.39 Å². The third kappa shape index (κ3) is 4.57. The van der Waals surface area contributed by atoms with Crippen LogP contribution in [0.4, 0.5) is 4.39 Å². The number of pyridine rings is 1. The van der Waals surface area contributed by atoms with Crippen molar-refractivity contribution in [2.45, 2.75) is 46.1 Å². The Bertz CT molecular complexity index is 713. The van der Waals surface area contributed by atoms with Crippen LogP contribution in [0.2, 0.25) is 5.02 Å². The maximum absolute atomic E-state index is 13.9. The molecule has 0 saturated heterocycles. The molecule has 24 heavy (non-hydrogen) atoms. The predicted molar refractivity (Wildman–Crippen MR) is 99.5 cm³/mol. The Hall–Kier alpha value is -1.87. The summed E-state index contributed by atoms with van der Waals surface area (Å²) in [4.78, 5) is 4.44. The van der Waals surface area contributed by atoms with Gasteiger partial charge in [-0.05, 0) is 42.5 Å². The van der Waals surface area contributed by atoms with E-state index in [9.17, 15) is 4.39 Å². The van der Waals surface area contributed by atoms with Gasteiger partial charge in [0.1, 0.15) is 5.82 Å². The summed E-state index contributed by atoms with van der Waals surface area (Å²) in [6.45, 7) is 8.68. The van der Waals surface area contributed by atoms with Crippen LogP contribution in [-0.2, 0) is 19.4 Å². The number of nitrogens with one attached hydrogen (secondary N) is 1. The predicted octanol–water partition coefficient (Wildman–Crippen LogP) is 5.54. The summed E-state index contributed by atoms with van der Waals surface area (Å²) in [5.74, 6) is -0.162. The van der Waals surface area contributed by atoms with Crippen LogP contribution in [0.1, 0.15) is 49.1 Å². The molecule has 0 bridgehead atoms. The van der Waals surface area contributed by atoms with E-state index in [-0.39, 0.29) is 5.82 Å². The number of aryl methyl sites for hydroxylation is 2. The fraction of sp³-hybridized carbons (Fsp3) is 0.350. The minimum Gasteiger partial charge on any atom is -0.381 e. The van der Waals surface area contributed by atoms with E-state index in [2.05, 4.69) is 23.8 Å². The number of hydrogen-bond acceptors (Lipinski definition) is 2. The smallest absolute Gasteiger partial charge is 0.126 e. The number of nitrogens with zero attached hydrogens (tertiary/aromatic N) is 1. The Kier molecular flexibility index (Phi) is 6.80. The molecule has 0 aliphatic heterocycles. The Balaban J connectivity index is 2.11. The van der Waals surface area contributed by atoms with Gasteiger partial charge in [-0.3, -0.25) is 4.98 Å². The normalized spacial score (nSPS) is 10.7. The molecule has 128 valence electrons. The molecule has 0 unspecified atom stereocenters. The summed E-state index contributed by atoms with van der Waals surface area (Å²) in [5, 5.41) is 3.89. The van der Waals surface area contributed by atoms with Crippen LogP contribution in [0.25, 0.3) is 5.70 Å². The van der Waals surface area contributed by atoms with E-state index in [1.165, 1.54) is 0 Å². The largest absolute Gasteiger partial charge is 0.381 e. The van der Waals surface area contributed by atoms with Crippen molar-refractivity contribution in [3.05, 3.63) is 70.3 Å². The third-order valence-electron chi connectivity index (χ3n) is 4.05. The van der Waals surface area contributed by atoms with Crippen molar-refractivity contribution in [3.63, 3.8) is 0 Å². The molecule has 0 spiro atoms. The highest BCUT2D eigenvalue weighted by Gasteiger charge is 2.12. The van der Waals surface area contributed by atoms with Gasteiger partial charge in [0, 0.05) is 24.0 Å². The summed E-state index contributed by atoms with van der Waals surface area (Å²) in [7, 11) is 0. The summed E-state index contributed by atoms with van der Waals surface area (Å²) < 4.78 is 13.9. The van der Waals surface area contributed by atoms with E-state index in [0.29, 0.717) is 18.0 Å². The number of hydrogen-bond donors (Lipinski definition) is 1. The van der Waals surface area contributed by atoms with Crippen molar-refractivity contribution >= 4 is 17.3 Å². The quantitative estimate of drug-likeness (QED) is 0.678. The molecule has 4 heteroatoms. The zero-order valence-electron chi connectivity index (χ0n) is 14.3. The van der Waals surface area contributed by atoms with Crippen molar-refractivity contribution in [3.8, 4) is 0 Å². The van der Waals surface area contributed by atoms with Gasteiger partial charge in [0.2, 0.25) is 0 Å². The number of rotatable bonds is 8. The highest BCUT2D eigenvalue weighted by atomic mass is 35.5. The van der Waals surface area contributed by atoms with Crippen LogP contribution in [0.5, 0.6) is 0 Å². The molecule has 2 aromatic rings. The average Bonchev–Trinajstić information content (AvgIpc) is 2.58. The second-order valence-corrected chi connectivity index (χ2v) is 6.24. The molecule has 1 aromatic heterocycles. The lowest BCUT2D eigenvalue weighted by Gasteiger charge is -2.15. The SMILES string of the molecule is C=C(NCc1ccc(CC)c(F)c1)c1c(Cl)ccnc1CCCC. The molecule has 1 aromatic carbocycles. The Morgan fingerprint density at radius 2 is 2.08 bits per heavy atom. The van der Waals surface area contributed by atoms with E-state index in [1.54, 1.807) is 18.3 Å². The molecule has 0 atom stereocenters. The first-order valence-electron chi connectivity index (χ1n) is 8.40. The molecule has 0 amide bonds. The fourth-order valence-electron chi connectivity index (χ4n) is 2.62. The zero-order valence-corrected chi connectivity index (χ0v) is 15.1. The van der Waals surface area contributed by atoms with Crippen molar-refractivity contribution in [2.24, 2.45) is 0 Å². The van der Waals surface area contributed by atoms with Crippen molar-refractivity contribution in [1.82, 2.24) is 10.3 Å². The van der Waals surface area contributed by atoms with E-state index in [0.717, 1.165) is 47.3 Å². The lowest BCUT2D eigenvalue weighted by Crippen LogP contribution is -2.14. The number of benzene rings is 1. The topological polar surface area (TPSA) is 24.9 Å². The lowest BCUT2D eigenvalue weighted by atomic mass is 10.1. The molecular formula is C20H24ClFN2. The van der Waals surface area contributed by atoms with E-state index >= 15 is 0 Å². The monoisotopic (exact) mass is 346 g/mol. The summed E-state index contributed by atoms with van der Waals surface area (Å²) in [6, 6.07) is 7.11. The minimum absolute atomic E-state index is 0.162. The number of aromatic nitrogens is 1. The van der Waals surface area contributed by atoms with Crippen LogP contribution in [0, 0.1) is 5.82 Å². The summed E-state index contributed by atoms with van der Waals surface area (Å²) in [5.41, 5.74) is 4.14. The molecule has 2 nitrogen and oxygen atoms in total. The molecule has 1 N–H and O–H groups in total. The molecular weight excluding hydrogens is 323 g/mol. The van der Waals surface area contributed by atoms with Crippen LogP contribution in [0.3, 0.4) is 0 Å². The van der Waals surface area contributed by atoms with E-state index in [4.69, 9.17) is 11.6 Å². The molecule has 0 aliphatic rings. The van der Waals surface area contributed by atoms with Gasteiger partial charge in [0.05, 0.1) is 10.7 Å². The first-order valence-corrected chi connectivity index (χ1v) is 8.78. The standard InChI is InChI=1S/C20H24ClFN2/c1-4-6-7-19-20(17(21)10-11-23-19)14(3)24-13-15-8-9-16(5-2)18(22)12-15/h8-12,24H,3-7,13H2,1-2H3. The van der Waals surface area contributed by atoms with E-state index < -0.39 is 0 Å². The zero-order chi connectivity index (χ0) is 17.5. The Morgan fingerprint density at radius 1 is 1.29 bits per heavy atom. The minimum atomic E-state index is -0.162. The van der Waals surface area contributed by atoms with Crippen LogP contribution >= 0.6 is 11.6 Å². The Morgan fingerprint density at radius 3 is 2.75 bits per heavy atom. The van der Waals surface area contributed by atoms with Crippen LogP contribution < -0.4 is 5.32 Å². The van der Waals surface area contributed by atoms with Gasteiger partial charge in [0.15, 0.2) is 0 Å². The molecule has 1 heterocycles. The first-order chi connectivity index (χ1) is 11.6. The number of unbranched alkanes of at least 4 members (excludes halogenated alkanes) is 1. The van der Waals surface area contributed by atoms with Gasteiger partial charge < -0.3 is 5.32 Å². The van der Waals surface area contributed by atoms with Crippen LogP contribution in [0.15, 0.2) is 37.0 Å². The lowest BCUT2D eigenvalue weighted by molar-refractivity contribution is 0.609. The van der Waals surface area contributed by atoms with Gasteiger partial charge in [-0.2, -0.15) is 0 Å². The highest BCUT2D eigenvalue weighted by Crippen LogP contribution is 2.25. The second-order valence-electron chi connectivity index (χ2n) is 5.83. The fourth-order valence-corrected chi connectivity index (χ4v) is 2.89. The van der Waals surface area contributed by atoms with Gasteiger partial charge in [-0.25, -0.2) is 4.39 Å². The van der Waals surface area contributed by atoms with Gasteiger partial charge in [-0.1, -0.05) is 50.6 Å². The van der Waals surface area contributed by atoms with Gasteiger partial charge in [0.25, 0.3) is 0 Å². The molecule has 0 aliphatic carbocycles. The molecule has 0 saturated carbocycles. The van der Waals surface area contributed by atoms with Crippen LogP contribution in [-0.4, -0.2) is 4.98 Å².